The number of nitrogens with zero attached hydrogens (tertiary/aromatic N) is 1. The van der Waals surface area contributed by atoms with E-state index >= 15 is 0 Å². The number of piperidine rings is 1. The van der Waals surface area contributed by atoms with Crippen molar-refractivity contribution in [2.75, 3.05) is 19.3 Å². The minimum absolute atomic E-state index is 0.0135. The Morgan fingerprint density at radius 2 is 2.15 bits per heavy atom. The summed E-state index contributed by atoms with van der Waals surface area (Å²) in [5, 5.41) is 11.0. The Bertz CT molecular complexity index is 546. The van der Waals surface area contributed by atoms with Gasteiger partial charge in [-0.15, -0.1) is 23.1 Å². The van der Waals surface area contributed by atoms with Crippen LogP contribution in [0.4, 0.5) is 0 Å². The average molecular weight is 311 g/mol. The van der Waals surface area contributed by atoms with E-state index in [0.29, 0.717) is 13.1 Å². The van der Waals surface area contributed by atoms with Gasteiger partial charge in [0.05, 0.1) is 5.92 Å². The number of carbonyl (C=O) groups is 2. The number of likely N-dealkylation sites (tertiary alicyclic amines) is 1. The Morgan fingerprint density at radius 3 is 2.70 bits per heavy atom. The van der Waals surface area contributed by atoms with Crippen LogP contribution in [0.5, 0.6) is 0 Å². The maximum Gasteiger partial charge on any atom is 0.307 e. The topological polar surface area (TPSA) is 57.6 Å². The molecule has 1 aromatic rings. The summed E-state index contributed by atoms with van der Waals surface area (Å²) in [4.78, 5) is 27.3. The lowest BCUT2D eigenvalue weighted by molar-refractivity contribution is -0.139. The van der Waals surface area contributed by atoms with Gasteiger partial charge in [-0.3, -0.25) is 9.59 Å². The van der Waals surface area contributed by atoms with Crippen LogP contribution >= 0.6 is 23.1 Å². The van der Waals surface area contributed by atoms with Crippen LogP contribution in [0.1, 0.15) is 28.9 Å². The van der Waals surface area contributed by atoms with Gasteiger partial charge in [0.2, 0.25) is 0 Å². The second kappa shape index (κ2) is 5.07. The molecule has 20 heavy (non-hydrogen) atoms. The van der Waals surface area contributed by atoms with E-state index in [9.17, 15) is 9.59 Å². The molecule has 108 valence electrons. The highest BCUT2D eigenvalue weighted by Crippen LogP contribution is 2.59. The lowest BCUT2D eigenvalue weighted by Crippen LogP contribution is -2.39. The molecule has 0 radical (unpaired) electrons. The molecule has 1 unspecified atom stereocenters. The number of carbonyl (C=O) groups excluding carboxylic acids is 1. The van der Waals surface area contributed by atoms with E-state index in [1.54, 1.807) is 11.8 Å². The first-order chi connectivity index (χ1) is 9.57. The summed E-state index contributed by atoms with van der Waals surface area (Å²) >= 11 is 3.09. The molecule has 2 aliphatic rings. The normalized spacial score (nSPS) is 23.9. The Labute approximate surface area is 126 Å². The summed E-state index contributed by atoms with van der Waals surface area (Å²) < 4.78 is 0. The monoisotopic (exact) mass is 311 g/mol. The van der Waals surface area contributed by atoms with Gasteiger partial charge in [0.15, 0.2) is 0 Å². The molecular formula is C14H17NO3S2. The first-order valence-corrected chi connectivity index (χ1v) is 8.81. The molecular weight excluding hydrogens is 294 g/mol. The van der Waals surface area contributed by atoms with Gasteiger partial charge in [-0.25, -0.2) is 0 Å². The quantitative estimate of drug-likeness (QED) is 0.872. The van der Waals surface area contributed by atoms with Crippen LogP contribution in [0, 0.1) is 11.3 Å². The molecule has 6 heteroatoms. The number of thioether (sulfide) groups is 1. The smallest absolute Gasteiger partial charge is 0.307 e. The lowest BCUT2D eigenvalue weighted by atomic mass is 9.91. The van der Waals surface area contributed by atoms with Crippen molar-refractivity contribution in [1.29, 1.82) is 0 Å². The zero-order valence-corrected chi connectivity index (χ0v) is 12.9. The van der Waals surface area contributed by atoms with E-state index in [-0.39, 0.29) is 17.2 Å². The van der Waals surface area contributed by atoms with Crippen LogP contribution in [0.15, 0.2) is 16.3 Å². The molecule has 1 amide bonds. The number of thiophene rings is 1. The minimum atomic E-state index is -0.673. The fraction of sp³-hybridized carbons (Fsp3) is 0.571. The van der Waals surface area contributed by atoms with E-state index < -0.39 is 5.97 Å². The van der Waals surface area contributed by atoms with Gasteiger partial charge in [0.1, 0.15) is 4.88 Å². The maximum absolute atomic E-state index is 12.5. The number of rotatable bonds is 3. The van der Waals surface area contributed by atoms with Gasteiger partial charge in [-0.1, -0.05) is 0 Å². The van der Waals surface area contributed by atoms with Crippen molar-refractivity contribution in [2.24, 2.45) is 11.3 Å². The Morgan fingerprint density at radius 1 is 1.45 bits per heavy atom. The standard InChI is InChI=1S/C14H17NO3S2/c1-19-10-2-7-20-11(10)12(16)15-5-3-14(4-6-15)8-9(14)13(17)18/h2,7,9H,3-6,8H2,1H3,(H,17,18). The molecule has 0 aromatic carbocycles. The van der Waals surface area contributed by atoms with Crippen LogP contribution in [-0.2, 0) is 4.79 Å². The lowest BCUT2D eigenvalue weighted by Gasteiger charge is -2.32. The molecule has 1 saturated carbocycles. The van der Waals surface area contributed by atoms with Gasteiger partial charge in [0, 0.05) is 18.0 Å². The van der Waals surface area contributed by atoms with Crippen molar-refractivity contribution in [1.82, 2.24) is 4.90 Å². The number of carboxylic acid groups (broad SMARTS) is 1. The van der Waals surface area contributed by atoms with E-state index in [1.165, 1.54) is 11.3 Å². The first-order valence-electron chi connectivity index (χ1n) is 6.71. The van der Waals surface area contributed by atoms with Crippen molar-refractivity contribution in [3.8, 4) is 0 Å². The number of amides is 1. The van der Waals surface area contributed by atoms with E-state index in [1.807, 2.05) is 22.6 Å². The van der Waals surface area contributed by atoms with Crippen LogP contribution in [0.2, 0.25) is 0 Å². The fourth-order valence-electron chi connectivity index (χ4n) is 3.16. The predicted molar refractivity (Wildman–Crippen MR) is 79.4 cm³/mol. The second-order valence-electron chi connectivity index (χ2n) is 5.57. The number of hydrogen-bond acceptors (Lipinski definition) is 4. The molecule has 1 N–H and O–H groups in total. The Kier molecular flexibility index (Phi) is 3.54. The predicted octanol–water partition coefficient (Wildman–Crippen LogP) is 2.80. The molecule has 0 bridgehead atoms. The van der Waals surface area contributed by atoms with Gasteiger partial charge in [0.25, 0.3) is 5.91 Å². The summed E-state index contributed by atoms with van der Waals surface area (Å²) in [6.07, 6.45) is 4.43. The highest BCUT2D eigenvalue weighted by molar-refractivity contribution is 7.98. The zero-order valence-electron chi connectivity index (χ0n) is 11.3. The largest absolute Gasteiger partial charge is 0.481 e. The van der Waals surface area contributed by atoms with Crippen molar-refractivity contribution in [3.05, 3.63) is 16.3 Å². The van der Waals surface area contributed by atoms with Crippen LogP contribution in [-0.4, -0.2) is 41.2 Å². The van der Waals surface area contributed by atoms with Crippen molar-refractivity contribution >= 4 is 35.0 Å². The van der Waals surface area contributed by atoms with Crippen molar-refractivity contribution < 1.29 is 14.7 Å². The molecule has 1 spiro atoms. The van der Waals surface area contributed by atoms with E-state index in [4.69, 9.17) is 5.11 Å². The molecule has 2 fully saturated rings. The molecule has 2 heterocycles. The van der Waals surface area contributed by atoms with E-state index in [0.717, 1.165) is 29.0 Å². The minimum Gasteiger partial charge on any atom is -0.481 e. The molecule has 1 aliphatic heterocycles. The van der Waals surface area contributed by atoms with Gasteiger partial charge < -0.3 is 10.0 Å². The Hall–Kier alpha value is -1.01. The van der Waals surface area contributed by atoms with Crippen molar-refractivity contribution in [3.63, 3.8) is 0 Å². The zero-order chi connectivity index (χ0) is 14.3. The van der Waals surface area contributed by atoms with Crippen LogP contribution < -0.4 is 0 Å². The summed E-state index contributed by atoms with van der Waals surface area (Å²) in [5.74, 6) is -0.748. The fourth-order valence-corrected chi connectivity index (χ4v) is 4.87. The highest BCUT2D eigenvalue weighted by atomic mass is 32.2. The maximum atomic E-state index is 12.5. The van der Waals surface area contributed by atoms with E-state index in [2.05, 4.69) is 0 Å². The average Bonchev–Trinajstić information content (AvgIpc) is 2.96. The number of hydrogen-bond donors (Lipinski definition) is 1. The molecule has 4 nitrogen and oxygen atoms in total. The third-order valence-corrected chi connectivity index (χ3v) is 6.39. The van der Waals surface area contributed by atoms with Crippen molar-refractivity contribution in [2.45, 2.75) is 24.2 Å². The van der Waals surface area contributed by atoms with Crippen LogP contribution in [0.25, 0.3) is 0 Å². The molecule has 1 atom stereocenters. The molecule has 3 rings (SSSR count). The van der Waals surface area contributed by atoms with Gasteiger partial charge in [-0.2, -0.15) is 0 Å². The Balaban J connectivity index is 1.64. The third kappa shape index (κ3) is 2.24. The summed E-state index contributed by atoms with van der Waals surface area (Å²) in [7, 11) is 0. The highest BCUT2D eigenvalue weighted by Gasteiger charge is 2.59. The SMILES string of the molecule is CSc1ccsc1C(=O)N1CCC2(CC1)CC2C(=O)O. The molecule has 1 saturated heterocycles. The molecule has 1 aromatic heterocycles. The molecule has 1 aliphatic carbocycles. The number of carboxylic acids is 1. The third-order valence-electron chi connectivity index (χ3n) is 4.58. The second-order valence-corrected chi connectivity index (χ2v) is 7.33. The van der Waals surface area contributed by atoms with Gasteiger partial charge >= 0.3 is 5.97 Å². The van der Waals surface area contributed by atoms with Crippen LogP contribution in [0.3, 0.4) is 0 Å². The first kappa shape index (κ1) is 13.9. The summed E-state index contributed by atoms with van der Waals surface area (Å²) in [6, 6.07) is 1.98. The number of aliphatic carboxylic acids is 1. The summed E-state index contributed by atoms with van der Waals surface area (Å²) in [5.41, 5.74) is -0.0135. The van der Waals surface area contributed by atoms with Gasteiger partial charge in [-0.05, 0) is 42.4 Å². The summed E-state index contributed by atoms with van der Waals surface area (Å²) in [6.45, 7) is 1.38.